The Morgan fingerprint density at radius 1 is 1.32 bits per heavy atom. The molecule has 132 valence electrons. The van der Waals surface area contributed by atoms with Crippen LogP contribution in [0.2, 0.25) is 0 Å². The molecular formula is C18H22N4O2S. The molecule has 0 unspecified atom stereocenters. The molecule has 2 aromatic rings. The molecule has 1 aliphatic heterocycles. The van der Waals surface area contributed by atoms with Gasteiger partial charge in [-0.1, -0.05) is 24.3 Å². The van der Waals surface area contributed by atoms with Gasteiger partial charge in [-0.15, -0.1) is 10.2 Å². The molecule has 1 N–H and O–H groups in total. The number of nitrogens with zero attached hydrogens (tertiary/aromatic N) is 3. The van der Waals surface area contributed by atoms with Crippen molar-refractivity contribution in [2.75, 3.05) is 16.8 Å². The fourth-order valence-corrected chi connectivity index (χ4v) is 3.73. The number of carbonyl (C=O) groups is 2. The summed E-state index contributed by atoms with van der Waals surface area (Å²) in [6, 6.07) is 6.07. The van der Waals surface area contributed by atoms with Crippen LogP contribution in [0.25, 0.3) is 0 Å². The first-order valence-electron chi connectivity index (χ1n) is 8.48. The molecule has 2 amide bonds. The molecule has 1 saturated heterocycles. The van der Waals surface area contributed by atoms with Crippen LogP contribution in [0.15, 0.2) is 18.2 Å². The van der Waals surface area contributed by atoms with Crippen LogP contribution < -0.4 is 10.2 Å². The molecule has 7 heteroatoms. The van der Waals surface area contributed by atoms with Crippen molar-refractivity contribution in [3.05, 3.63) is 34.3 Å². The maximum absolute atomic E-state index is 12.4. The Kier molecular flexibility index (Phi) is 5.13. The zero-order valence-corrected chi connectivity index (χ0v) is 15.5. The van der Waals surface area contributed by atoms with Crippen molar-refractivity contribution in [1.29, 1.82) is 0 Å². The molecule has 1 aromatic heterocycles. The van der Waals surface area contributed by atoms with Crippen LogP contribution in [0, 0.1) is 13.8 Å². The molecule has 2 heterocycles. The molecule has 3 rings (SSSR count). The van der Waals surface area contributed by atoms with Gasteiger partial charge in [0.15, 0.2) is 0 Å². The van der Waals surface area contributed by atoms with Gasteiger partial charge in [0.25, 0.3) is 0 Å². The Labute approximate surface area is 151 Å². The number of carbonyl (C=O) groups excluding carboxylic acids is 2. The van der Waals surface area contributed by atoms with Crippen LogP contribution in [0.3, 0.4) is 0 Å². The molecule has 1 fully saturated rings. The smallest absolute Gasteiger partial charge is 0.227 e. The Bertz CT molecular complexity index is 802. The van der Waals surface area contributed by atoms with E-state index >= 15 is 0 Å². The maximum atomic E-state index is 12.4. The average Bonchev–Trinajstić information content (AvgIpc) is 3.17. The second kappa shape index (κ2) is 7.31. The standard InChI is InChI=1S/C18H22N4O2S/c1-4-5-15(23)19-18-21-20-17(25-18)13-9-16(24)22(10-13)14-7-6-11(2)12(3)8-14/h6-8,13H,4-5,9-10H2,1-3H3,(H,19,21,23)/t13-/m0/s1. The molecule has 0 saturated carbocycles. The minimum atomic E-state index is -0.0514. The SMILES string of the molecule is CCCC(=O)Nc1nnc([C@H]2CC(=O)N(c3ccc(C)c(C)c3)C2)s1. The lowest BCUT2D eigenvalue weighted by Crippen LogP contribution is -2.24. The van der Waals surface area contributed by atoms with Gasteiger partial charge < -0.3 is 10.2 Å². The number of rotatable bonds is 5. The minimum absolute atomic E-state index is 0.0171. The molecule has 1 aliphatic rings. The maximum Gasteiger partial charge on any atom is 0.227 e. The first-order chi connectivity index (χ1) is 12.0. The quantitative estimate of drug-likeness (QED) is 0.889. The lowest BCUT2D eigenvalue weighted by molar-refractivity contribution is -0.117. The van der Waals surface area contributed by atoms with E-state index in [1.807, 2.05) is 36.9 Å². The Balaban J connectivity index is 1.71. The largest absolute Gasteiger partial charge is 0.312 e. The summed E-state index contributed by atoms with van der Waals surface area (Å²) in [4.78, 5) is 25.9. The predicted molar refractivity (Wildman–Crippen MR) is 99.1 cm³/mol. The highest BCUT2D eigenvalue weighted by Crippen LogP contribution is 2.34. The molecule has 0 bridgehead atoms. The molecule has 0 aliphatic carbocycles. The van der Waals surface area contributed by atoms with Crippen molar-refractivity contribution in [3.63, 3.8) is 0 Å². The van der Waals surface area contributed by atoms with Crippen molar-refractivity contribution in [2.45, 2.75) is 46.0 Å². The summed E-state index contributed by atoms with van der Waals surface area (Å²) >= 11 is 1.36. The van der Waals surface area contributed by atoms with Gasteiger partial charge >= 0.3 is 0 Å². The summed E-state index contributed by atoms with van der Waals surface area (Å²) in [7, 11) is 0. The zero-order valence-electron chi connectivity index (χ0n) is 14.7. The van der Waals surface area contributed by atoms with Crippen molar-refractivity contribution in [2.24, 2.45) is 0 Å². The first-order valence-corrected chi connectivity index (χ1v) is 9.30. The van der Waals surface area contributed by atoms with Crippen LogP contribution in [0.4, 0.5) is 10.8 Å². The molecular weight excluding hydrogens is 336 g/mol. The van der Waals surface area contributed by atoms with E-state index in [1.165, 1.54) is 22.5 Å². The van der Waals surface area contributed by atoms with E-state index in [1.54, 1.807) is 0 Å². The van der Waals surface area contributed by atoms with Gasteiger partial charge in [0.1, 0.15) is 5.01 Å². The van der Waals surface area contributed by atoms with Crippen molar-refractivity contribution in [3.8, 4) is 0 Å². The average molecular weight is 358 g/mol. The topological polar surface area (TPSA) is 75.2 Å². The third-order valence-corrected chi connectivity index (χ3v) is 5.44. The van der Waals surface area contributed by atoms with E-state index in [-0.39, 0.29) is 17.7 Å². The van der Waals surface area contributed by atoms with Crippen LogP contribution >= 0.6 is 11.3 Å². The number of hydrogen-bond acceptors (Lipinski definition) is 5. The summed E-state index contributed by atoms with van der Waals surface area (Å²) < 4.78 is 0. The summed E-state index contributed by atoms with van der Waals surface area (Å²) in [6.45, 7) is 6.66. The zero-order chi connectivity index (χ0) is 18.0. The predicted octanol–water partition coefficient (Wildman–Crippen LogP) is 3.41. The molecule has 1 aromatic carbocycles. The molecule has 0 spiro atoms. The highest BCUT2D eigenvalue weighted by atomic mass is 32.1. The van der Waals surface area contributed by atoms with Gasteiger partial charge in [-0.2, -0.15) is 0 Å². The van der Waals surface area contributed by atoms with Crippen molar-refractivity contribution < 1.29 is 9.59 Å². The monoisotopic (exact) mass is 358 g/mol. The molecule has 6 nitrogen and oxygen atoms in total. The van der Waals surface area contributed by atoms with Gasteiger partial charge in [0, 0.05) is 31.0 Å². The first kappa shape index (κ1) is 17.5. The molecule has 1 atom stereocenters. The van der Waals surface area contributed by atoms with E-state index < -0.39 is 0 Å². The van der Waals surface area contributed by atoms with Gasteiger partial charge in [0.05, 0.1) is 0 Å². The normalized spacial score (nSPS) is 17.2. The van der Waals surface area contributed by atoms with Gasteiger partial charge in [-0.3, -0.25) is 9.59 Å². The van der Waals surface area contributed by atoms with E-state index in [4.69, 9.17) is 0 Å². The number of aromatic nitrogens is 2. The van der Waals surface area contributed by atoms with Crippen molar-refractivity contribution >= 4 is 34.0 Å². The number of anilines is 2. The van der Waals surface area contributed by atoms with Crippen molar-refractivity contribution in [1.82, 2.24) is 10.2 Å². The van der Waals surface area contributed by atoms with Gasteiger partial charge in [-0.25, -0.2) is 0 Å². The lowest BCUT2D eigenvalue weighted by atomic mass is 10.1. The van der Waals surface area contributed by atoms with Crippen LogP contribution in [-0.2, 0) is 9.59 Å². The third-order valence-electron chi connectivity index (χ3n) is 4.44. The van der Waals surface area contributed by atoms with E-state index in [0.717, 1.165) is 17.1 Å². The number of amides is 2. The van der Waals surface area contributed by atoms with Crippen LogP contribution in [0.1, 0.15) is 48.2 Å². The highest BCUT2D eigenvalue weighted by molar-refractivity contribution is 7.15. The van der Waals surface area contributed by atoms with Gasteiger partial charge in [0.2, 0.25) is 16.9 Å². The fraction of sp³-hybridized carbons (Fsp3) is 0.444. The summed E-state index contributed by atoms with van der Waals surface area (Å²) in [5, 5.41) is 12.3. The minimum Gasteiger partial charge on any atom is -0.312 e. The molecule has 25 heavy (non-hydrogen) atoms. The summed E-state index contributed by atoms with van der Waals surface area (Å²) in [5.74, 6) is 0.0629. The van der Waals surface area contributed by atoms with Gasteiger partial charge in [-0.05, 0) is 43.5 Å². The van der Waals surface area contributed by atoms with Crippen LogP contribution in [0.5, 0.6) is 0 Å². The molecule has 0 radical (unpaired) electrons. The third kappa shape index (κ3) is 3.87. The number of benzene rings is 1. The Morgan fingerprint density at radius 3 is 2.84 bits per heavy atom. The summed E-state index contributed by atoms with van der Waals surface area (Å²) in [5.41, 5.74) is 3.31. The highest BCUT2D eigenvalue weighted by Gasteiger charge is 2.34. The second-order valence-corrected chi connectivity index (χ2v) is 7.43. The fourth-order valence-electron chi connectivity index (χ4n) is 2.87. The van der Waals surface area contributed by atoms with E-state index in [9.17, 15) is 9.59 Å². The second-order valence-electron chi connectivity index (χ2n) is 6.42. The number of nitrogens with one attached hydrogen (secondary N) is 1. The van der Waals surface area contributed by atoms with E-state index in [2.05, 4.69) is 22.4 Å². The Morgan fingerprint density at radius 2 is 2.12 bits per heavy atom. The van der Waals surface area contributed by atoms with Crippen LogP contribution in [-0.4, -0.2) is 28.6 Å². The number of aryl methyl sites for hydroxylation is 2. The lowest BCUT2D eigenvalue weighted by Gasteiger charge is -2.17. The Hall–Kier alpha value is -2.28. The number of hydrogen-bond donors (Lipinski definition) is 1. The van der Waals surface area contributed by atoms with E-state index in [0.29, 0.717) is 24.5 Å². The summed E-state index contributed by atoms with van der Waals surface area (Å²) in [6.07, 6.45) is 1.68.